The van der Waals surface area contributed by atoms with E-state index in [0.717, 1.165) is 11.1 Å². The highest BCUT2D eigenvalue weighted by atomic mass is 16.5. The van der Waals surface area contributed by atoms with E-state index in [4.69, 9.17) is 4.74 Å². The minimum absolute atomic E-state index is 0.287. The quantitative estimate of drug-likeness (QED) is 0.596. The third-order valence-corrected chi connectivity index (χ3v) is 3.73. The summed E-state index contributed by atoms with van der Waals surface area (Å²) in [5.74, 6) is 0.360. The number of hydrogen-bond donors (Lipinski definition) is 1. The predicted molar refractivity (Wildman–Crippen MR) is 86.0 cm³/mol. The predicted octanol–water partition coefficient (Wildman–Crippen LogP) is 2.67. The van der Waals surface area contributed by atoms with Crippen molar-refractivity contribution >= 4 is 11.6 Å². The molecule has 0 aliphatic carbocycles. The molecule has 2 heterocycles. The normalized spacial score (nSPS) is 11.1. The molecule has 2 aromatic heterocycles. The van der Waals surface area contributed by atoms with Gasteiger partial charge in [0.25, 0.3) is 0 Å². The summed E-state index contributed by atoms with van der Waals surface area (Å²) in [4.78, 5) is 23.9. The number of carbonyl (C=O) groups excluding carboxylic acids is 1. The molecule has 6 nitrogen and oxygen atoms in total. The van der Waals surface area contributed by atoms with Crippen LogP contribution in [0.25, 0.3) is 5.65 Å². The van der Waals surface area contributed by atoms with Gasteiger partial charge in [0.1, 0.15) is 5.75 Å². The molecule has 0 bridgehead atoms. The van der Waals surface area contributed by atoms with Crippen LogP contribution >= 0.6 is 0 Å². The molecule has 0 fully saturated rings. The van der Waals surface area contributed by atoms with Gasteiger partial charge >= 0.3 is 11.7 Å². The number of aromatic amines is 1. The fourth-order valence-corrected chi connectivity index (χ4v) is 2.27. The Balaban J connectivity index is 1.92. The van der Waals surface area contributed by atoms with Crippen molar-refractivity contribution in [1.82, 2.24) is 14.6 Å². The zero-order valence-electron chi connectivity index (χ0n) is 13.2. The van der Waals surface area contributed by atoms with E-state index in [1.54, 1.807) is 12.1 Å². The third kappa shape index (κ3) is 2.88. The molecular formula is C17H17N3O3. The molecule has 3 rings (SSSR count). The molecular weight excluding hydrogens is 294 g/mol. The van der Waals surface area contributed by atoms with E-state index < -0.39 is 11.7 Å². The van der Waals surface area contributed by atoms with Crippen LogP contribution in [-0.2, 0) is 0 Å². The molecule has 0 unspecified atom stereocenters. The summed E-state index contributed by atoms with van der Waals surface area (Å²) >= 11 is 0. The Morgan fingerprint density at radius 3 is 2.78 bits per heavy atom. The molecule has 0 aliphatic rings. The first kappa shape index (κ1) is 15.0. The first-order valence-corrected chi connectivity index (χ1v) is 7.35. The minimum Gasteiger partial charge on any atom is -0.423 e. The van der Waals surface area contributed by atoms with Gasteiger partial charge in [0.05, 0.1) is 5.56 Å². The van der Waals surface area contributed by atoms with Gasteiger partial charge in [0.15, 0.2) is 5.65 Å². The molecule has 0 saturated heterocycles. The maximum atomic E-state index is 12.4. The molecule has 0 saturated carbocycles. The van der Waals surface area contributed by atoms with Crippen molar-refractivity contribution < 1.29 is 9.53 Å². The van der Waals surface area contributed by atoms with Crippen molar-refractivity contribution in [1.29, 1.82) is 0 Å². The molecule has 6 heteroatoms. The Labute approximate surface area is 132 Å². The van der Waals surface area contributed by atoms with Gasteiger partial charge in [-0.05, 0) is 42.2 Å². The second-order valence-electron chi connectivity index (χ2n) is 5.74. The van der Waals surface area contributed by atoms with Gasteiger partial charge in [-0.2, -0.15) is 5.10 Å². The SMILES string of the molecule is Cc1ccc(C(C)C)cc1OC(=O)c1ccc2n[nH]c(=O)n2c1. The van der Waals surface area contributed by atoms with E-state index in [1.165, 1.54) is 10.6 Å². The van der Waals surface area contributed by atoms with E-state index in [0.29, 0.717) is 17.3 Å². The third-order valence-electron chi connectivity index (χ3n) is 3.73. The number of nitrogens with one attached hydrogen (secondary N) is 1. The first-order valence-electron chi connectivity index (χ1n) is 7.35. The number of esters is 1. The lowest BCUT2D eigenvalue weighted by Gasteiger charge is -2.11. The Morgan fingerprint density at radius 1 is 1.26 bits per heavy atom. The summed E-state index contributed by atoms with van der Waals surface area (Å²) in [6.45, 7) is 6.04. The highest BCUT2D eigenvalue weighted by Gasteiger charge is 2.13. The standard InChI is InChI=1S/C17H17N3O3/c1-10(2)12-5-4-11(3)14(8-12)23-16(21)13-6-7-15-18-19-17(22)20(15)9-13/h4-10H,1-3H3,(H,19,22). The van der Waals surface area contributed by atoms with E-state index in [1.807, 2.05) is 25.1 Å². The van der Waals surface area contributed by atoms with Crippen molar-refractivity contribution in [2.24, 2.45) is 0 Å². The number of pyridine rings is 1. The Kier molecular flexibility index (Phi) is 3.73. The van der Waals surface area contributed by atoms with Crippen LogP contribution in [0.15, 0.2) is 41.3 Å². The number of carbonyl (C=O) groups is 1. The fraction of sp³-hybridized carbons (Fsp3) is 0.235. The number of H-pyrrole nitrogens is 1. The van der Waals surface area contributed by atoms with Crippen LogP contribution in [0.3, 0.4) is 0 Å². The maximum absolute atomic E-state index is 12.4. The molecule has 1 aromatic carbocycles. The van der Waals surface area contributed by atoms with Crippen LogP contribution < -0.4 is 10.4 Å². The molecule has 1 N–H and O–H groups in total. The summed E-state index contributed by atoms with van der Waals surface area (Å²) in [7, 11) is 0. The van der Waals surface area contributed by atoms with Crippen molar-refractivity contribution in [3.63, 3.8) is 0 Å². The zero-order chi connectivity index (χ0) is 16.6. The topological polar surface area (TPSA) is 76.5 Å². The number of fused-ring (bicyclic) bond motifs is 1. The Bertz CT molecular complexity index is 938. The number of aromatic nitrogens is 3. The van der Waals surface area contributed by atoms with E-state index in [2.05, 4.69) is 24.0 Å². The molecule has 0 spiro atoms. The van der Waals surface area contributed by atoms with Gasteiger partial charge in [-0.3, -0.25) is 0 Å². The van der Waals surface area contributed by atoms with Crippen LogP contribution in [0.1, 0.15) is 41.3 Å². The molecule has 0 amide bonds. The zero-order valence-corrected chi connectivity index (χ0v) is 13.2. The lowest BCUT2D eigenvalue weighted by atomic mass is 10.0. The Hall–Kier alpha value is -2.89. The van der Waals surface area contributed by atoms with Gasteiger partial charge in [-0.15, -0.1) is 0 Å². The van der Waals surface area contributed by atoms with Crippen molar-refractivity contribution in [3.8, 4) is 5.75 Å². The average Bonchev–Trinajstić information content (AvgIpc) is 2.90. The molecule has 23 heavy (non-hydrogen) atoms. The van der Waals surface area contributed by atoms with Crippen molar-refractivity contribution in [3.05, 3.63) is 63.7 Å². The highest BCUT2D eigenvalue weighted by molar-refractivity contribution is 5.91. The number of ether oxygens (including phenoxy) is 1. The fourth-order valence-electron chi connectivity index (χ4n) is 2.27. The first-order chi connectivity index (χ1) is 11.0. The average molecular weight is 311 g/mol. The number of benzene rings is 1. The van der Waals surface area contributed by atoms with Crippen LogP contribution in [0.2, 0.25) is 0 Å². The second kappa shape index (κ2) is 5.72. The molecule has 0 atom stereocenters. The molecule has 118 valence electrons. The lowest BCUT2D eigenvalue weighted by molar-refractivity contribution is 0.0733. The lowest BCUT2D eigenvalue weighted by Crippen LogP contribution is -2.14. The van der Waals surface area contributed by atoms with Crippen LogP contribution in [-0.4, -0.2) is 20.6 Å². The number of nitrogens with zero attached hydrogens (tertiary/aromatic N) is 2. The van der Waals surface area contributed by atoms with Crippen molar-refractivity contribution in [2.75, 3.05) is 0 Å². The largest absolute Gasteiger partial charge is 0.423 e. The van der Waals surface area contributed by atoms with Crippen LogP contribution in [0, 0.1) is 6.92 Å². The highest BCUT2D eigenvalue weighted by Crippen LogP contribution is 2.25. The van der Waals surface area contributed by atoms with Crippen molar-refractivity contribution in [2.45, 2.75) is 26.7 Å². The summed E-state index contributed by atoms with van der Waals surface area (Å²) in [5, 5.41) is 6.15. The summed E-state index contributed by atoms with van der Waals surface area (Å²) in [6, 6.07) is 9.00. The molecule has 3 aromatic rings. The van der Waals surface area contributed by atoms with Gasteiger partial charge in [-0.1, -0.05) is 26.0 Å². The van der Waals surface area contributed by atoms with E-state index in [-0.39, 0.29) is 5.56 Å². The second-order valence-corrected chi connectivity index (χ2v) is 5.74. The molecule has 0 radical (unpaired) electrons. The minimum atomic E-state index is -0.510. The van der Waals surface area contributed by atoms with Gasteiger partial charge in [0.2, 0.25) is 0 Å². The maximum Gasteiger partial charge on any atom is 0.347 e. The monoisotopic (exact) mass is 311 g/mol. The van der Waals surface area contributed by atoms with Gasteiger partial charge in [-0.25, -0.2) is 19.1 Å². The smallest absolute Gasteiger partial charge is 0.347 e. The number of rotatable bonds is 3. The Morgan fingerprint density at radius 2 is 2.04 bits per heavy atom. The van der Waals surface area contributed by atoms with Crippen LogP contribution in [0.4, 0.5) is 0 Å². The number of aryl methyl sites for hydroxylation is 1. The summed E-state index contributed by atoms with van der Waals surface area (Å²) < 4.78 is 6.77. The summed E-state index contributed by atoms with van der Waals surface area (Å²) in [6.07, 6.45) is 1.42. The summed E-state index contributed by atoms with van der Waals surface area (Å²) in [5.41, 5.74) is 2.32. The van der Waals surface area contributed by atoms with E-state index >= 15 is 0 Å². The molecule has 0 aliphatic heterocycles. The van der Waals surface area contributed by atoms with Gasteiger partial charge < -0.3 is 4.74 Å². The van der Waals surface area contributed by atoms with Crippen LogP contribution in [0.5, 0.6) is 5.75 Å². The van der Waals surface area contributed by atoms with Gasteiger partial charge in [0, 0.05) is 6.20 Å². The van der Waals surface area contributed by atoms with E-state index in [9.17, 15) is 9.59 Å². The number of hydrogen-bond acceptors (Lipinski definition) is 4.